The molecule has 1 amide bonds. The van der Waals surface area contributed by atoms with E-state index in [2.05, 4.69) is 5.32 Å². The third-order valence-corrected chi connectivity index (χ3v) is 5.84. The lowest BCUT2D eigenvalue weighted by Gasteiger charge is -2.30. The molecule has 0 radical (unpaired) electrons. The molecule has 0 fully saturated rings. The number of carbonyl (C=O) groups excluding carboxylic acids is 1. The number of sulfonamides is 1. The Bertz CT molecular complexity index is 919. The second-order valence-electron chi connectivity index (χ2n) is 5.55. The van der Waals surface area contributed by atoms with Crippen LogP contribution in [-0.4, -0.2) is 26.6 Å². The molecular weight excluding hydrogens is 419 g/mol. The summed E-state index contributed by atoms with van der Waals surface area (Å²) in [5, 5.41) is 3.48. The first kappa shape index (κ1) is 20.8. The lowest BCUT2D eigenvalue weighted by Crippen LogP contribution is -2.47. The monoisotopic (exact) mass is 434 g/mol. The summed E-state index contributed by atoms with van der Waals surface area (Å²) >= 11 is 18.0. The minimum absolute atomic E-state index is 0.186. The maximum atomic E-state index is 12.8. The smallest absolute Gasteiger partial charge is 0.248 e. The second-order valence-corrected chi connectivity index (χ2v) is 8.63. The van der Waals surface area contributed by atoms with E-state index in [9.17, 15) is 13.2 Å². The molecule has 2 rings (SSSR count). The van der Waals surface area contributed by atoms with Crippen LogP contribution >= 0.6 is 34.8 Å². The fraction of sp³-hybridized carbons (Fsp3) is 0.235. The number of benzene rings is 2. The molecule has 2 aromatic carbocycles. The Morgan fingerprint density at radius 1 is 1.15 bits per heavy atom. The van der Waals surface area contributed by atoms with Gasteiger partial charge in [0.15, 0.2) is 0 Å². The summed E-state index contributed by atoms with van der Waals surface area (Å²) in [6.07, 6.45) is 1.28. The number of hydrogen-bond acceptors (Lipinski definition) is 3. The van der Waals surface area contributed by atoms with Gasteiger partial charge in [0, 0.05) is 5.02 Å². The Morgan fingerprint density at radius 3 is 2.38 bits per heavy atom. The topological polar surface area (TPSA) is 66.5 Å². The standard InChI is InChI=1S/C17H17Cl3N2O3S/c1-3-15(17(23)21-14-9-5-8-13(19)16(14)20)22(26(2,24)25)12-7-4-6-11(18)10-12/h4-10,15H,3H2,1-2H3,(H,21,23). The molecule has 2 aromatic rings. The van der Waals surface area contributed by atoms with Gasteiger partial charge in [-0.1, -0.05) is 53.9 Å². The van der Waals surface area contributed by atoms with Crippen molar-refractivity contribution in [3.63, 3.8) is 0 Å². The van der Waals surface area contributed by atoms with Crippen molar-refractivity contribution in [3.05, 3.63) is 57.5 Å². The van der Waals surface area contributed by atoms with Crippen LogP contribution in [0.5, 0.6) is 0 Å². The van der Waals surface area contributed by atoms with E-state index in [1.54, 1.807) is 43.3 Å². The van der Waals surface area contributed by atoms with Crippen molar-refractivity contribution in [3.8, 4) is 0 Å². The van der Waals surface area contributed by atoms with Crippen molar-refractivity contribution in [2.75, 3.05) is 15.9 Å². The zero-order valence-corrected chi connectivity index (χ0v) is 17.1. The zero-order chi connectivity index (χ0) is 19.5. The lowest BCUT2D eigenvalue weighted by molar-refractivity contribution is -0.117. The van der Waals surface area contributed by atoms with Gasteiger partial charge in [-0.25, -0.2) is 8.42 Å². The highest BCUT2D eigenvalue weighted by Crippen LogP contribution is 2.31. The molecule has 0 spiro atoms. The molecule has 1 N–H and O–H groups in total. The van der Waals surface area contributed by atoms with Crippen LogP contribution in [0.1, 0.15) is 13.3 Å². The quantitative estimate of drug-likeness (QED) is 0.706. The highest BCUT2D eigenvalue weighted by Gasteiger charge is 2.32. The van der Waals surface area contributed by atoms with Crippen molar-refractivity contribution in [1.82, 2.24) is 0 Å². The molecule has 9 heteroatoms. The minimum Gasteiger partial charge on any atom is -0.323 e. The molecule has 0 aromatic heterocycles. The third kappa shape index (κ3) is 4.82. The molecule has 140 valence electrons. The van der Waals surface area contributed by atoms with E-state index >= 15 is 0 Å². The average molecular weight is 436 g/mol. The van der Waals surface area contributed by atoms with E-state index in [0.717, 1.165) is 10.6 Å². The number of nitrogens with zero attached hydrogens (tertiary/aromatic N) is 1. The third-order valence-electron chi connectivity index (χ3n) is 3.60. The van der Waals surface area contributed by atoms with Gasteiger partial charge in [0.25, 0.3) is 0 Å². The zero-order valence-electron chi connectivity index (χ0n) is 14.0. The SMILES string of the molecule is CCC(C(=O)Nc1cccc(Cl)c1Cl)N(c1cccc(Cl)c1)S(C)(=O)=O. The van der Waals surface area contributed by atoms with Crippen molar-refractivity contribution in [2.24, 2.45) is 0 Å². The molecule has 0 aliphatic rings. The van der Waals surface area contributed by atoms with Gasteiger partial charge in [0.2, 0.25) is 15.9 Å². The van der Waals surface area contributed by atoms with Crippen LogP contribution in [0.2, 0.25) is 15.1 Å². The summed E-state index contributed by atoms with van der Waals surface area (Å²) in [5.74, 6) is -0.526. The Labute approximate surface area is 167 Å². The van der Waals surface area contributed by atoms with Crippen molar-refractivity contribution in [1.29, 1.82) is 0 Å². The first-order chi connectivity index (χ1) is 12.1. The molecule has 0 aliphatic carbocycles. The summed E-state index contributed by atoms with van der Waals surface area (Å²) in [5.41, 5.74) is 0.612. The van der Waals surface area contributed by atoms with Gasteiger partial charge in [-0.15, -0.1) is 0 Å². The summed E-state index contributed by atoms with van der Waals surface area (Å²) in [6, 6.07) is 10.1. The molecule has 0 saturated carbocycles. The van der Waals surface area contributed by atoms with E-state index in [0.29, 0.717) is 16.4 Å². The average Bonchev–Trinajstić information content (AvgIpc) is 2.55. The van der Waals surface area contributed by atoms with Crippen molar-refractivity contribution in [2.45, 2.75) is 19.4 Å². The first-order valence-electron chi connectivity index (χ1n) is 7.65. The van der Waals surface area contributed by atoms with E-state index in [1.807, 2.05) is 0 Å². The molecule has 0 bridgehead atoms. The second kappa shape index (κ2) is 8.48. The molecule has 5 nitrogen and oxygen atoms in total. The van der Waals surface area contributed by atoms with E-state index in [-0.39, 0.29) is 16.5 Å². The van der Waals surface area contributed by atoms with Crippen LogP contribution in [0.25, 0.3) is 0 Å². The number of amides is 1. The lowest BCUT2D eigenvalue weighted by atomic mass is 10.2. The minimum atomic E-state index is -3.75. The number of nitrogens with one attached hydrogen (secondary N) is 1. The fourth-order valence-corrected chi connectivity index (χ4v) is 4.23. The first-order valence-corrected chi connectivity index (χ1v) is 10.6. The van der Waals surface area contributed by atoms with Crippen LogP contribution < -0.4 is 9.62 Å². The number of halogens is 3. The normalized spacial score (nSPS) is 12.5. The number of hydrogen-bond donors (Lipinski definition) is 1. The predicted molar refractivity (Wildman–Crippen MR) is 108 cm³/mol. The Kier molecular flexibility index (Phi) is 6.80. The van der Waals surface area contributed by atoms with Gasteiger partial charge in [-0.3, -0.25) is 9.10 Å². The molecule has 0 saturated heterocycles. The summed E-state index contributed by atoms with van der Waals surface area (Å²) in [7, 11) is -3.75. The molecule has 26 heavy (non-hydrogen) atoms. The van der Waals surface area contributed by atoms with E-state index < -0.39 is 22.0 Å². The Hall–Kier alpha value is -1.47. The van der Waals surface area contributed by atoms with Gasteiger partial charge in [0.05, 0.1) is 27.7 Å². The largest absolute Gasteiger partial charge is 0.323 e. The number of anilines is 2. The van der Waals surface area contributed by atoms with Crippen LogP contribution in [0.15, 0.2) is 42.5 Å². The van der Waals surface area contributed by atoms with E-state index in [4.69, 9.17) is 34.8 Å². The molecular formula is C17H17Cl3N2O3S. The van der Waals surface area contributed by atoms with Gasteiger partial charge < -0.3 is 5.32 Å². The molecule has 0 heterocycles. The molecule has 0 aliphatic heterocycles. The van der Waals surface area contributed by atoms with Gasteiger partial charge >= 0.3 is 0 Å². The van der Waals surface area contributed by atoms with Crippen molar-refractivity contribution >= 4 is 62.1 Å². The van der Waals surface area contributed by atoms with Crippen molar-refractivity contribution < 1.29 is 13.2 Å². The highest BCUT2D eigenvalue weighted by atomic mass is 35.5. The molecule has 1 atom stereocenters. The van der Waals surface area contributed by atoms with Crippen LogP contribution in [0.4, 0.5) is 11.4 Å². The summed E-state index contributed by atoms with van der Waals surface area (Å²) in [6.45, 7) is 1.71. The van der Waals surface area contributed by atoms with Crippen LogP contribution in [0, 0.1) is 0 Å². The summed E-state index contributed by atoms with van der Waals surface area (Å²) < 4.78 is 25.8. The van der Waals surface area contributed by atoms with Crippen LogP contribution in [-0.2, 0) is 14.8 Å². The predicted octanol–water partition coefficient (Wildman–Crippen LogP) is 4.83. The Balaban J connectivity index is 2.42. The maximum absolute atomic E-state index is 12.8. The fourth-order valence-electron chi connectivity index (χ4n) is 2.49. The number of rotatable bonds is 6. The molecule has 1 unspecified atom stereocenters. The number of carbonyl (C=O) groups is 1. The van der Waals surface area contributed by atoms with Gasteiger partial charge in [0.1, 0.15) is 6.04 Å². The highest BCUT2D eigenvalue weighted by molar-refractivity contribution is 7.92. The maximum Gasteiger partial charge on any atom is 0.248 e. The van der Waals surface area contributed by atoms with E-state index in [1.165, 1.54) is 6.07 Å². The van der Waals surface area contributed by atoms with Crippen LogP contribution in [0.3, 0.4) is 0 Å². The Morgan fingerprint density at radius 2 is 1.81 bits per heavy atom. The van der Waals surface area contributed by atoms with Gasteiger partial charge in [-0.2, -0.15) is 0 Å². The van der Waals surface area contributed by atoms with Gasteiger partial charge in [-0.05, 0) is 36.8 Å². The summed E-state index contributed by atoms with van der Waals surface area (Å²) in [4.78, 5) is 12.8.